The van der Waals surface area contributed by atoms with Crippen molar-refractivity contribution in [3.05, 3.63) is 31.9 Å². The van der Waals surface area contributed by atoms with Crippen LogP contribution in [0.15, 0.2) is 0 Å². The van der Waals surface area contributed by atoms with E-state index >= 15 is 0 Å². The smallest absolute Gasteiger partial charge is 0.0576 e. The second-order valence-corrected chi connectivity index (χ2v) is 0.179. The van der Waals surface area contributed by atoms with E-state index in [9.17, 15) is 0 Å². The second-order valence-electron chi connectivity index (χ2n) is 0.179. The van der Waals surface area contributed by atoms with Crippen LogP contribution in [-0.4, -0.2) is 0 Å². The lowest BCUT2D eigenvalue weighted by molar-refractivity contribution is 2.36. The first-order valence-electron chi connectivity index (χ1n) is 0.800. The molecule has 0 aliphatic rings. The Balaban J connectivity index is -0.0000000160. The molecule has 0 heterocycles. The minimum absolute atomic E-state index is 0. The number of nitrogens with zero attached hydrogens (tertiary/aromatic N) is 6. The van der Waals surface area contributed by atoms with E-state index in [1.54, 1.807) is 0 Å². The van der Waals surface area contributed by atoms with Gasteiger partial charge in [-0.15, -0.1) is 0 Å². The fourth-order valence-electron chi connectivity index (χ4n) is 0. The summed E-state index contributed by atoms with van der Waals surface area (Å²) in [6.07, 6.45) is 0. The van der Waals surface area contributed by atoms with Crippen molar-refractivity contribution in [1.29, 1.82) is 0 Å². The molecule has 8 heavy (non-hydrogen) atoms. The summed E-state index contributed by atoms with van der Waals surface area (Å²) >= 11 is 0. The highest BCUT2D eigenvalue weighted by Gasteiger charge is 0.691. The SMILES string of the molecule is [N-]=[N+]=[N-].[N-]=[N+]=[N-].[SH3+].[SH3+]. The maximum Gasteiger partial charge on any atom is -0.0576 e. The van der Waals surface area contributed by atoms with Crippen LogP contribution in [-0.2, 0) is 27.0 Å². The highest BCUT2D eigenvalue weighted by Crippen LogP contribution is 1.29. The van der Waals surface area contributed by atoms with Crippen LogP contribution in [0.1, 0.15) is 0 Å². The Hall–Kier alpha value is -0.680. The van der Waals surface area contributed by atoms with Crippen molar-refractivity contribution in [2.24, 2.45) is 0 Å². The van der Waals surface area contributed by atoms with Crippen LogP contribution in [0.4, 0.5) is 0 Å². The van der Waals surface area contributed by atoms with Crippen molar-refractivity contribution >= 4 is 27.0 Å². The molecule has 0 aliphatic heterocycles. The maximum atomic E-state index is 6.75. The van der Waals surface area contributed by atoms with Gasteiger partial charge in [0.05, 0.1) is 0 Å². The lowest BCUT2D eigenvalue weighted by Crippen LogP contribution is -0.711. The molecule has 0 saturated carbocycles. The molecule has 0 radical (unpaired) electrons. The number of hydrogen-bond acceptors (Lipinski definition) is 0. The van der Waals surface area contributed by atoms with Crippen LogP contribution >= 0.6 is 0 Å². The Kier molecular flexibility index (Phi) is 340. The van der Waals surface area contributed by atoms with Gasteiger partial charge in [0.2, 0.25) is 0 Å². The van der Waals surface area contributed by atoms with Crippen molar-refractivity contribution in [2.75, 3.05) is 0 Å². The average Bonchev–Trinajstić information content (AvgIpc) is 1.39. The lowest BCUT2D eigenvalue weighted by atomic mass is 13.0. The number of rotatable bonds is 0. The lowest BCUT2D eigenvalue weighted by Gasteiger charge is -1.32. The van der Waals surface area contributed by atoms with Gasteiger partial charge in [-0.3, -0.25) is 9.82 Å². The third-order valence-corrected chi connectivity index (χ3v) is 0. The van der Waals surface area contributed by atoms with E-state index in [1.807, 2.05) is 0 Å². The monoisotopic (exact) mass is 154 g/mol. The molecule has 0 unspecified atom stereocenters. The Morgan fingerprint density at radius 3 is 0.625 bits per heavy atom. The van der Waals surface area contributed by atoms with E-state index in [4.69, 9.17) is 22.1 Å². The van der Waals surface area contributed by atoms with Crippen molar-refractivity contribution in [3.8, 4) is 0 Å². The zero-order valence-electron chi connectivity index (χ0n) is 3.84. The van der Waals surface area contributed by atoms with Gasteiger partial charge >= 0.3 is 0 Å². The van der Waals surface area contributed by atoms with Crippen molar-refractivity contribution < 1.29 is 0 Å². The van der Waals surface area contributed by atoms with Gasteiger partial charge in [0.25, 0.3) is 0 Å². The molecular weight excluding hydrogens is 148 g/mol. The molecule has 0 N–H and O–H groups in total. The summed E-state index contributed by atoms with van der Waals surface area (Å²) in [5.74, 6) is 0. The Labute approximate surface area is 59.6 Å². The molecule has 48 valence electrons. The first-order valence-corrected chi connectivity index (χ1v) is 0.800. The molecule has 0 saturated heterocycles. The van der Waals surface area contributed by atoms with Crippen LogP contribution in [0.3, 0.4) is 0 Å². The summed E-state index contributed by atoms with van der Waals surface area (Å²) in [6, 6.07) is 0. The van der Waals surface area contributed by atoms with Gasteiger partial charge in [-0.2, -0.15) is 0 Å². The van der Waals surface area contributed by atoms with E-state index in [1.165, 1.54) is 9.82 Å². The Bertz CT molecular complexity index is 60.5. The molecule has 0 spiro atoms. The Morgan fingerprint density at radius 2 is 0.625 bits per heavy atom. The molecule has 6 nitrogen and oxygen atoms in total. The van der Waals surface area contributed by atoms with Gasteiger partial charge in [-0.25, -0.2) is 0 Å². The highest BCUT2D eigenvalue weighted by atomic mass is 32.1. The molecule has 0 atom stereocenters. The molecule has 0 aromatic heterocycles. The van der Waals surface area contributed by atoms with Crippen LogP contribution < -0.4 is 0 Å². The fraction of sp³-hybridized carbons (Fsp3) is 0. The standard InChI is InChI=1S/2N3.2H2S/c2*1-3-2;;/h;;2*1H2/q2*-1;;/p+2. The molecule has 0 aliphatic carbocycles. The third-order valence-electron chi connectivity index (χ3n) is 0. The first kappa shape index (κ1) is 26.5. The largest absolute Gasteiger partial charge is 0.373 e. The predicted molar refractivity (Wildman–Crippen MR) is 43.3 cm³/mol. The summed E-state index contributed by atoms with van der Waals surface area (Å²) in [5, 5.41) is 0. The van der Waals surface area contributed by atoms with E-state index in [0.29, 0.717) is 0 Å². The summed E-state index contributed by atoms with van der Waals surface area (Å²) in [5.41, 5.74) is 27.0. The normalized spacial score (nSPS) is 2.00. The molecule has 0 aromatic rings. The zero-order chi connectivity index (χ0) is 5.41. The molecule has 0 fully saturated rings. The van der Waals surface area contributed by atoms with E-state index in [0.717, 1.165) is 0 Å². The third kappa shape index (κ3) is 215. The van der Waals surface area contributed by atoms with Gasteiger partial charge in [0, 0.05) is 0 Å². The van der Waals surface area contributed by atoms with Crippen molar-refractivity contribution in [1.82, 2.24) is 0 Å². The quantitative estimate of drug-likeness (QED) is 0.204. The van der Waals surface area contributed by atoms with E-state index in [-0.39, 0.29) is 27.0 Å². The molecule has 0 aromatic carbocycles. The van der Waals surface area contributed by atoms with E-state index in [2.05, 4.69) is 0 Å². The summed E-state index contributed by atoms with van der Waals surface area (Å²) < 4.78 is 0. The summed E-state index contributed by atoms with van der Waals surface area (Å²) in [6.45, 7) is 0. The molecule has 0 amide bonds. The van der Waals surface area contributed by atoms with Gasteiger partial charge in [0.15, 0.2) is 0 Å². The molecule has 0 rings (SSSR count). The second kappa shape index (κ2) is 103. The number of hydrogen-bond donors (Lipinski definition) is 0. The van der Waals surface area contributed by atoms with Gasteiger partial charge in [0.1, 0.15) is 0 Å². The van der Waals surface area contributed by atoms with Crippen LogP contribution in [0.25, 0.3) is 31.9 Å². The van der Waals surface area contributed by atoms with Crippen molar-refractivity contribution in [3.63, 3.8) is 0 Å². The first-order chi connectivity index (χ1) is 2.83. The van der Waals surface area contributed by atoms with Crippen LogP contribution in [0, 0.1) is 0 Å². The Morgan fingerprint density at radius 1 is 0.625 bits per heavy atom. The van der Waals surface area contributed by atoms with Gasteiger partial charge in [-0.1, -0.05) is 27.0 Å². The molecule has 0 bridgehead atoms. The van der Waals surface area contributed by atoms with Crippen LogP contribution in [0.2, 0.25) is 0 Å². The molecule has 8 heteroatoms. The minimum atomic E-state index is 0. The topological polar surface area (TPSA) is 117 Å². The van der Waals surface area contributed by atoms with Crippen LogP contribution in [0.5, 0.6) is 0 Å². The maximum absolute atomic E-state index is 6.75. The zero-order valence-corrected chi connectivity index (χ0v) is 6.15. The fourth-order valence-corrected chi connectivity index (χ4v) is 0. The highest BCUT2D eigenvalue weighted by molar-refractivity contribution is 7.37. The van der Waals surface area contributed by atoms with Gasteiger partial charge < -0.3 is 22.1 Å². The molecular formula is H6N6S2. The van der Waals surface area contributed by atoms with E-state index < -0.39 is 0 Å². The predicted octanol–water partition coefficient (Wildman–Crippen LogP) is 0.121. The van der Waals surface area contributed by atoms with Crippen molar-refractivity contribution in [2.45, 2.75) is 0 Å². The minimum Gasteiger partial charge on any atom is -0.373 e. The average molecular weight is 154 g/mol. The van der Waals surface area contributed by atoms with Gasteiger partial charge in [-0.05, 0) is 0 Å². The summed E-state index contributed by atoms with van der Waals surface area (Å²) in [7, 11) is 0. The summed E-state index contributed by atoms with van der Waals surface area (Å²) in [4.78, 5) is 3.00.